The van der Waals surface area contributed by atoms with Gasteiger partial charge >= 0.3 is 0 Å². The predicted octanol–water partition coefficient (Wildman–Crippen LogP) is 1.68. The van der Waals surface area contributed by atoms with Gasteiger partial charge in [0.2, 0.25) is 0 Å². The van der Waals surface area contributed by atoms with Gasteiger partial charge in [0.1, 0.15) is 0 Å². The van der Waals surface area contributed by atoms with Crippen LogP contribution in [0.5, 0.6) is 0 Å². The molecule has 1 aliphatic carbocycles. The first kappa shape index (κ1) is 8.55. The molecule has 1 heterocycles. The molecule has 0 radical (unpaired) electrons. The summed E-state index contributed by atoms with van der Waals surface area (Å²) in [4.78, 5) is 0. The molecule has 2 aliphatic rings. The van der Waals surface area contributed by atoms with Gasteiger partial charge in [-0.1, -0.05) is 6.92 Å². The van der Waals surface area contributed by atoms with Crippen molar-refractivity contribution < 1.29 is 0 Å². The number of hydrogen-bond donors (Lipinski definition) is 1. The van der Waals surface area contributed by atoms with Crippen LogP contribution in [0.15, 0.2) is 0 Å². The molecule has 0 bridgehead atoms. The normalized spacial score (nSPS) is 39.2. The fourth-order valence-electron chi connectivity index (χ4n) is 2.10. The van der Waals surface area contributed by atoms with E-state index < -0.39 is 0 Å². The first-order valence-corrected chi connectivity index (χ1v) is 4.28. The van der Waals surface area contributed by atoms with E-state index >= 15 is 0 Å². The highest BCUT2D eigenvalue weighted by molar-refractivity contribution is 5.05. The second-order valence-electron chi connectivity index (χ2n) is 3.69. The van der Waals surface area contributed by atoms with Crippen LogP contribution in [0, 0.1) is 17.2 Å². The molecule has 11 heavy (non-hydrogen) atoms. The van der Waals surface area contributed by atoms with Crippen LogP contribution in [0.3, 0.4) is 0 Å². The van der Waals surface area contributed by atoms with Crippen LogP contribution >= 0.6 is 0 Å². The lowest BCUT2D eigenvalue weighted by Crippen LogP contribution is -2.63. The van der Waals surface area contributed by atoms with Gasteiger partial charge in [-0.2, -0.15) is 5.26 Å². The van der Waals surface area contributed by atoms with Crippen LogP contribution in [-0.4, -0.2) is 12.1 Å². The fourth-order valence-corrected chi connectivity index (χ4v) is 2.10. The summed E-state index contributed by atoms with van der Waals surface area (Å²) >= 11 is 0. The van der Waals surface area contributed by atoms with Crippen molar-refractivity contribution >= 4 is 0 Å². The van der Waals surface area contributed by atoms with E-state index in [0.29, 0.717) is 5.54 Å². The van der Waals surface area contributed by atoms with Crippen LogP contribution in [-0.2, 0) is 0 Å². The summed E-state index contributed by atoms with van der Waals surface area (Å²) in [5.41, 5.74) is 0.666. The third-order valence-electron chi connectivity index (χ3n) is 2.58. The van der Waals surface area contributed by atoms with Crippen LogP contribution in [0.1, 0.15) is 33.1 Å². The van der Waals surface area contributed by atoms with Gasteiger partial charge in [0, 0.05) is 12.5 Å². The third kappa shape index (κ3) is 1.72. The van der Waals surface area contributed by atoms with E-state index in [2.05, 4.69) is 12.2 Å². The molecular weight excluding hydrogens is 136 g/mol. The molecule has 2 nitrogen and oxygen atoms in total. The quantitative estimate of drug-likeness (QED) is 0.573. The predicted molar refractivity (Wildman–Crippen MR) is 45.0 cm³/mol. The van der Waals surface area contributed by atoms with Crippen molar-refractivity contribution in [2.75, 3.05) is 6.54 Å². The summed E-state index contributed by atoms with van der Waals surface area (Å²) in [5.74, 6) is 1.00. The number of nitriles is 1. The van der Waals surface area contributed by atoms with Gasteiger partial charge in [0.05, 0.1) is 6.07 Å². The maximum Gasteiger partial charge on any atom is 0.0587 e. The Labute approximate surface area is 68.6 Å². The van der Waals surface area contributed by atoms with Gasteiger partial charge < -0.3 is 5.32 Å². The molecule has 1 aliphatic heterocycles. The van der Waals surface area contributed by atoms with E-state index in [4.69, 9.17) is 5.26 Å². The second kappa shape index (κ2) is 3.23. The van der Waals surface area contributed by atoms with Crippen molar-refractivity contribution in [3.05, 3.63) is 0 Å². The molecule has 0 unspecified atom stereocenters. The first-order chi connectivity index (χ1) is 5.22. The summed E-state index contributed by atoms with van der Waals surface area (Å²) in [6.07, 6.45) is 4.32. The lowest BCUT2D eigenvalue weighted by atomic mass is 9.64. The van der Waals surface area contributed by atoms with E-state index in [1.165, 1.54) is 32.7 Å². The van der Waals surface area contributed by atoms with E-state index in [0.717, 1.165) is 5.92 Å². The summed E-state index contributed by atoms with van der Waals surface area (Å²) in [5, 5.41) is 10.8. The molecule has 0 amide bonds. The van der Waals surface area contributed by atoms with E-state index in [9.17, 15) is 0 Å². The van der Waals surface area contributed by atoms with Gasteiger partial charge in [-0.3, -0.25) is 0 Å². The molecule has 1 saturated carbocycles. The molecule has 1 saturated heterocycles. The van der Waals surface area contributed by atoms with E-state index in [-0.39, 0.29) is 0 Å². The molecule has 2 fully saturated rings. The zero-order chi connectivity index (χ0) is 8.32. The smallest absolute Gasteiger partial charge is 0.0587 e. The number of rotatable bonds is 0. The van der Waals surface area contributed by atoms with Crippen molar-refractivity contribution in [2.24, 2.45) is 5.92 Å². The number of hydrogen-bond acceptors (Lipinski definition) is 2. The van der Waals surface area contributed by atoms with Gasteiger partial charge in [-0.05, 0) is 31.7 Å². The Morgan fingerprint density at radius 1 is 1.55 bits per heavy atom. The Kier molecular flexibility index (Phi) is 2.51. The molecule has 62 valence electrons. The molecular formula is C9H16N2. The van der Waals surface area contributed by atoms with Crippen molar-refractivity contribution in [1.29, 1.82) is 5.26 Å². The monoisotopic (exact) mass is 152 g/mol. The fraction of sp³-hybridized carbons (Fsp3) is 0.889. The number of nitrogens with one attached hydrogen (secondary N) is 1. The molecule has 2 rings (SSSR count). The Balaban J connectivity index is 0.000000179. The van der Waals surface area contributed by atoms with Crippen LogP contribution < -0.4 is 5.32 Å². The lowest BCUT2D eigenvalue weighted by molar-refractivity contribution is 0.0491. The van der Waals surface area contributed by atoms with Crippen molar-refractivity contribution in [1.82, 2.24) is 5.32 Å². The largest absolute Gasteiger partial charge is 0.311 e. The summed E-state index contributed by atoms with van der Waals surface area (Å²) in [6.45, 7) is 5.04. The SMILES string of the molecule is CC#N.CC1CC2(CCN2)C1. The van der Waals surface area contributed by atoms with Gasteiger partial charge in [-0.25, -0.2) is 0 Å². The molecule has 2 heteroatoms. The maximum absolute atomic E-state index is 7.32. The van der Waals surface area contributed by atoms with Gasteiger partial charge in [0.25, 0.3) is 0 Å². The van der Waals surface area contributed by atoms with Crippen LogP contribution in [0.25, 0.3) is 0 Å². The summed E-state index contributed by atoms with van der Waals surface area (Å²) in [7, 11) is 0. The average molecular weight is 152 g/mol. The lowest BCUT2D eigenvalue weighted by Gasteiger charge is -2.54. The molecule has 1 N–H and O–H groups in total. The second-order valence-corrected chi connectivity index (χ2v) is 3.69. The molecule has 0 aromatic rings. The highest BCUT2D eigenvalue weighted by atomic mass is 15.1. The van der Waals surface area contributed by atoms with Crippen molar-refractivity contribution in [3.8, 4) is 6.07 Å². The minimum absolute atomic E-state index is 0.666. The standard InChI is InChI=1S/C7H13N.C2H3N/c1-6-4-7(5-6)2-3-8-7;1-2-3/h6,8H,2-5H2,1H3;1H3. The molecule has 0 aromatic heterocycles. The Hall–Kier alpha value is -0.550. The zero-order valence-corrected chi connectivity index (χ0v) is 7.35. The highest BCUT2D eigenvalue weighted by Crippen LogP contribution is 2.43. The Bertz CT molecular complexity index is 157. The van der Waals surface area contributed by atoms with Crippen molar-refractivity contribution in [2.45, 2.75) is 38.6 Å². The van der Waals surface area contributed by atoms with Crippen LogP contribution in [0.2, 0.25) is 0 Å². The topological polar surface area (TPSA) is 35.8 Å². The summed E-state index contributed by atoms with van der Waals surface area (Å²) < 4.78 is 0. The Morgan fingerprint density at radius 2 is 2.00 bits per heavy atom. The third-order valence-corrected chi connectivity index (χ3v) is 2.58. The average Bonchev–Trinajstić information content (AvgIpc) is 1.78. The van der Waals surface area contributed by atoms with Crippen LogP contribution in [0.4, 0.5) is 0 Å². The zero-order valence-electron chi connectivity index (χ0n) is 7.35. The summed E-state index contributed by atoms with van der Waals surface area (Å²) in [6, 6.07) is 1.75. The minimum atomic E-state index is 0.666. The van der Waals surface area contributed by atoms with Crippen molar-refractivity contribution in [3.63, 3.8) is 0 Å². The molecule has 1 spiro atoms. The highest BCUT2D eigenvalue weighted by Gasteiger charge is 2.45. The minimum Gasteiger partial charge on any atom is -0.311 e. The van der Waals surface area contributed by atoms with E-state index in [1.807, 2.05) is 0 Å². The van der Waals surface area contributed by atoms with Gasteiger partial charge in [0.15, 0.2) is 0 Å². The maximum atomic E-state index is 7.32. The molecule has 0 atom stereocenters. The van der Waals surface area contributed by atoms with Gasteiger partial charge in [-0.15, -0.1) is 0 Å². The Morgan fingerprint density at radius 3 is 2.09 bits per heavy atom. The number of nitrogens with zero attached hydrogens (tertiary/aromatic N) is 1. The molecule has 0 aromatic carbocycles. The van der Waals surface area contributed by atoms with E-state index in [1.54, 1.807) is 6.07 Å². The first-order valence-electron chi connectivity index (χ1n) is 4.28.